The predicted octanol–water partition coefficient (Wildman–Crippen LogP) is 4.04. The number of aromatic hydroxyl groups is 1. The van der Waals surface area contributed by atoms with E-state index in [-0.39, 0.29) is 0 Å². The second-order valence-corrected chi connectivity index (χ2v) is 7.39. The zero-order valence-corrected chi connectivity index (χ0v) is 12.9. The highest BCUT2D eigenvalue weighted by atomic mass is 79.9. The molecule has 0 amide bonds. The third-order valence-corrected chi connectivity index (χ3v) is 5.32. The van der Waals surface area contributed by atoms with Gasteiger partial charge in [-0.2, -0.15) is 0 Å². The molecule has 0 saturated heterocycles. The Balaban J connectivity index is 1.59. The maximum atomic E-state index is 9.82. The van der Waals surface area contributed by atoms with Crippen LogP contribution >= 0.6 is 27.3 Å². The molecule has 100 valence electrons. The van der Waals surface area contributed by atoms with E-state index in [1.807, 2.05) is 6.07 Å². The van der Waals surface area contributed by atoms with Gasteiger partial charge in [0.1, 0.15) is 5.75 Å². The molecule has 0 bridgehead atoms. The molecule has 1 unspecified atom stereocenters. The smallest absolute Gasteiger partial charge is 0.119 e. The third-order valence-electron chi connectivity index (χ3n) is 3.64. The lowest BCUT2D eigenvalue weighted by atomic mass is 10.1. The first kappa shape index (κ1) is 13.2. The van der Waals surface area contributed by atoms with Crippen LogP contribution in [-0.2, 0) is 12.8 Å². The molecule has 0 spiro atoms. The van der Waals surface area contributed by atoms with Gasteiger partial charge in [0, 0.05) is 17.5 Å². The second-order valence-electron chi connectivity index (χ2n) is 4.85. The molecule has 1 aromatic heterocycles. The Morgan fingerprint density at radius 1 is 1.32 bits per heavy atom. The van der Waals surface area contributed by atoms with Crippen molar-refractivity contribution in [3.63, 3.8) is 0 Å². The molecule has 1 atom stereocenters. The van der Waals surface area contributed by atoms with Gasteiger partial charge in [-0.05, 0) is 64.5 Å². The van der Waals surface area contributed by atoms with Crippen molar-refractivity contribution in [3.05, 3.63) is 50.1 Å². The van der Waals surface area contributed by atoms with E-state index in [1.165, 1.54) is 14.2 Å². The lowest BCUT2D eigenvalue weighted by Crippen LogP contribution is -2.21. The number of phenolic OH excluding ortho intramolecular Hbond substituents is 1. The highest BCUT2D eigenvalue weighted by Gasteiger charge is 2.23. The number of benzene rings is 1. The molecule has 1 heterocycles. The van der Waals surface area contributed by atoms with Gasteiger partial charge in [-0.3, -0.25) is 0 Å². The molecule has 0 aliphatic heterocycles. The maximum Gasteiger partial charge on any atom is 0.119 e. The highest BCUT2D eigenvalue weighted by molar-refractivity contribution is 9.11. The normalized spacial score (nSPS) is 17.6. The number of hydrogen-bond acceptors (Lipinski definition) is 3. The molecule has 2 N–H and O–H groups in total. The topological polar surface area (TPSA) is 32.3 Å². The van der Waals surface area contributed by atoms with E-state index in [9.17, 15) is 5.11 Å². The standard InChI is InChI=1S/C15H16BrNOS/c16-15-7-4-10(19-15)8-9-17-13-6-5-12-11(13)2-1-3-14(12)18/h1-4,7,13,17-18H,5-6,8-9H2. The van der Waals surface area contributed by atoms with Crippen LogP contribution in [0.25, 0.3) is 0 Å². The van der Waals surface area contributed by atoms with Crippen molar-refractivity contribution >= 4 is 27.3 Å². The van der Waals surface area contributed by atoms with Crippen LogP contribution in [-0.4, -0.2) is 11.7 Å². The van der Waals surface area contributed by atoms with Crippen molar-refractivity contribution in [1.29, 1.82) is 0 Å². The largest absolute Gasteiger partial charge is 0.508 e. The monoisotopic (exact) mass is 337 g/mol. The molecule has 2 aromatic rings. The minimum absolute atomic E-state index is 0.394. The van der Waals surface area contributed by atoms with E-state index in [2.05, 4.69) is 39.4 Å². The number of halogens is 1. The highest BCUT2D eigenvalue weighted by Crippen LogP contribution is 2.36. The first-order valence-electron chi connectivity index (χ1n) is 6.52. The van der Waals surface area contributed by atoms with Gasteiger partial charge < -0.3 is 10.4 Å². The van der Waals surface area contributed by atoms with Crippen LogP contribution in [0.5, 0.6) is 5.75 Å². The van der Waals surface area contributed by atoms with Gasteiger partial charge in [0.25, 0.3) is 0 Å². The third kappa shape index (κ3) is 2.86. The summed E-state index contributed by atoms with van der Waals surface area (Å²) in [4.78, 5) is 1.40. The van der Waals surface area contributed by atoms with Crippen molar-refractivity contribution in [2.24, 2.45) is 0 Å². The minimum atomic E-state index is 0.394. The Bertz CT molecular complexity index is 581. The Morgan fingerprint density at radius 3 is 3.00 bits per heavy atom. The van der Waals surface area contributed by atoms with Crippen LogP contribution in [0.15, 0.2) is 34.1 Å². The number of thiophene rings is 1. The zero-order valence-electron chi connectivity index (χ0n) is 10.5. The van der Waals surface area contributed by atoms with Gasteiger partial charge in [-0.15, -0.1) is 11.3 Å². The summed E-state index contributed by atoms with van der Waals surface area (Å²) in [7, 11) is 0. The van der Waals surface area contributed by atoms with Gasteiger partial charge in [0.15, 0.2) is 0 Å². The summed E-state index contributed by atoms with van der Waals surface area (Å²) < 4.78 is 1.19. The van der Waals surface area contributed by atoms with Crippen LogP contribution in [0.2, 0.25) is 0 Å². The van der Waals surface area contributed by atoms with Crippen molar-refractivity contribution < 1.29 is 5.11 Å². The summed E-state index contributed by atoms with van der Waals surface area (Å²) in [5, 5.41) is 13.4. The number of hydrogen-bond donors (Lipinski definition) is 2. The van der Waals surface area contributed by atoms with Gasteiger partial charge in [-0.1, -0.05) is 12.1 Å². The molecule has 0 radical (unpaired) electrons. The molecule has 4 heteroatoms. The summed E-state index contributed by atoms with van der Waals surface area (Å²) in [6.07, 6.45) is 3.12. The van der Waals surface area contributed by atoms with Crippen molar-refractivity contribution in [2.75, 3.05) is 6.54 Å². The number of phenols is 1. The Hall–Kier alpha value is -0.840. The molecule has 19 heavy (non-hydrogen) atoms. The van der Waals surface area contributed by atoms with Crippen molar-refractivity contribution in [1.82, 2.24) is 5.32 Å². The fraction of sp³-hybridized carbons (Fsp3) is 0.333. The first-order valence-corrected chi connectivity index (χ1v) is 8.13. The minimum Gasteiger partial charge on any atom is -0.508 e. The van der Waals surface area contributed by atoms with Gasteiger partial charge in [-0.25, -0.2) is 0 Å². The molecular weight excluding hydrogens is 322 g/mol. The van der Waals surface area contributed by atoms with Gasteiger partial charge in [0.2, 0.25) is 0 Å². The van der Waals surface area contributed by atoms with E-state index in [0.717, 1.165) is 31.4 Å². The molecule has 2 nitrogen and oxygen atoms in total. The van der Waals surface area contributed by atoms with E-state index in [0.29, 0.717) is 11.8 Å². The number of nitrogens with one attached hydrogen (secondary N) is 1. The van der Waals surface area contributed by atoms with Crippen LogP contribution in [0, 0.1) is 0 Å². The van der Waals surface area contributed by atoms with E-state index >= 15 is 0 Å². The Morgan fingerprint density at radius 2 is 2.21 bits per heavy atom. The fourth-order valence-electron chi connectivity index (χ4n) is 2.70. The molecule has 0 fully saturated rings. The summed E-state index contributed by atoms with van der Waals surface area (Å²) in [6.45, 7) is 0.979. The molecule has 1 aliphatic carbocycles. The SMILES string of the molecule is Oc1cccc2c1CCC2NCCc1ccc(Br)s1. The van der Waals surface area contributed by atoms with Gasteiger partial charge in [0.05, 0.1) is 3.79 Å². The summed E-state index contributed by atoms with van der Waals surface area (Å²) in [5.41, 5.74) is 2.39. The lowest BCUT2D eigenvalue weighted by molar-refractivity contribution is 0.469. The summed E-state index contributed by atoms with van der Waals surface area (Å²) >= 11 is 5.28. The lowest BCUT2D eigenvalue weighted by Gasteiger charge is -2.13. The predicted molar refractivity (Wildman–Crippen MR) is 82.9 cm³/mol. The molecule has 1 aliphatic rings. The average molecular weight is 338 g/mol. The van der Waals surface area contributed by atoms with Crippen molar-refractivity contribution in [3.8, 4) is 5.75 Å². The van der Waals surface area contributed by atoms with Crippen LogP contribution in [0.3, 0.4) is 0 Å². The van der Waals surface area contributed by atoms with Crippen molar-refractivity contribution in [2.45, 2.75) is 25.3 Å². The van der Waals surface area contributed by atoms with Gasteiger partial charge >= 0.3 is 0 Å². The van der Waals surface area contributed by atoms with E-state index in [1.54, 1.807) is 17.4 Å². The van der Waals surface area contributed by atoms with E-state index in [4.69, 9.17) is 0 Å². The van der Waals surface area contributed by atoms with E-state index < -0.39 is 0 Å². The van der Waals surface area contributed by atoms with Crippen LogP contribution < -0.4 is 5.32 Å². The summed E-state index contributed by atoms with van der Waals surface area (Å²) in [5.74, 6) is 0.448. The maximum absolute atomic E-state index is 9.82. The average Bonchev–Trinajstić information content (AvgIpc) is 2.98. The Kier molecular flexibility index (Phi) is 3.91. The number of fused-ring (bicyclic) bond motifs is 1. The first-order chi connectivity index (χ1) is 9.24. The number of rotatable bonds is 4. The molecular formula is C15H16BrNOS. The quantitative estimate of drug-likeness (QED) is 0.882. The summed E-state index contributed by atoms with van der Waals surface area (Å²) in [6, 6.07) is 10.5. The van der Waals surface area contributed by atoms with Crippen LogP contribution in [0.4, 0.5) is 0 Å². The molecule has 3 rings (SSSR count). The molecule has 0 saturated carbocycles. The fourth-order valence-corrected chi connectivity index (χ4v) is 4.19. The molecule has 1 aromatic carbocycles. The zero-order chi connectivity index (χ0) is 13.2. The van der Waals surface area contributed by atoms with Crippen LogP contribution in [0.1, 0.15) is 28.5 Å². The Labute approximate surface area is 125 Å². The second kappa shape index (κ2) is 5.65.